The van der Waals surface area contributed by atoms with Gasteiger partial charge in [0.25, 0.3) is 6.43 Å². The fourth-order valence-electron chi connectivity index (χ4n) is 0.707. The maximum atomic E-state index is 12.1. The van der Waals surface area contributed by atoms with Gasteiger partial charge < -0.3 is 5.11 Å². The molecular weight excluding hydrogens is 200 g/mol. The van der Waals surface area contributed by atoms with Crippen LogP contribution in [0, 0.1) is 0 Å². The van der Waals surface area contributed by atoms with Gasteiger partial charge in [0.05, 0.1) is 4.88 Å². The van der Waals surface area contributed by atoms with Crippen molar-refractivity contribution in [1.29, 1.82) is 0 Å². The molecule has 1 rings (SSSR count). The number of aromatic nitrogens is 1. The number of carbonyl (C=O) groups is 1. The monoisotopic (exact) mass is 207 g/mol. The summed E-state index contributed by atoms with van der Waals surface area (Å²) in [5, 5.41) is 8.77. The van der Waals surface area contributed by atoms with Crippen LogP contribution in [0.25, 0.3) is 0 Å². The lowest BCUT2D eigenvalue weighted by atomic mass is 10.2. The van der Waals surface area contributed by atoms with Crippen LogP contribution in [0.1, 0.15) is 29.2 Å². The van der Waals surface area contributed by atoms with Crippen LogP contribution in [0.3, 0.4) is 0 Å². The molecule has 0 amide bonds. The van der Waals surface area contributed by atoms with Gasteiger partial charge in [-0.05, 0) is 6.92 Å². The molecule has 0 bridgehead atoms. The SMILES string of the molecule is CC(C(=O)O)c1ncc(C(F)F)s1. The number of hydrogen-bond donors (Lipinski definition) is 1. The highest BCUT2D eigenvalue weighted by Gasteiger charge is 2.20. The zero-order valence-corrected chi connectivity index (χ0v) is 7.52. The minimum absolute atomic E-state index is 0.192. The molecule has 0 saturated carbocycles. The van der Waals surface area contributed by atoms with Crippen LogP contribution < -0.4 is 0 Å². The van der Waals surface area contributed by atoms with Gasteiger partial charge in [0.2, 0.25) is 0 Å². The Labute approximate surface area is 77.0 Å². The van der Waals surface area contributed by atoms with Crippen molar-refractivity contribution >= 4 is 17.3 Å². The lowest BCUT2D eigenvalue weighted by Crippen LogP contribution is -2.06. The number of hydrogen-bond acceptors (Lipinski definition) is 3. The molecule has 0 fully saturated rings. The standard InChI is InChI=1S/C7H7F2NO2S/c1-3(7(11)12)6-10-2-4(13-6)5(8)9/h2-3,5H,1H3,(H,11,12). The van der Waals surface area contributed by atoms with E-state index >= 15 is 0 Å². The Bertz CT molecular complexity index is 313. The highest BCUT2D eigenvalue weighted by molar-refractivity contribution is 7.11. The molecule has 0 spiro atoms. The van der Waals surface area contributed by atoms with Crippen LogP contribution >= 0.6 is 11.3 Å². The first-order chi connectivity index (χ1) is 6.02. The van der Waals surface area contributed by atoms with E-state index in [0.29, 0.717) is 0 Å². The number of nitrogens with zero attached hydrogens (tertiary/aromatic N) is 1. The van der Waals surface area contributed by atoms with Gasteiger partial charge in [0, 0.05) is 6.20 Å². The minimum Gasteiger partial charge on any atom is -0.481 e. The predicted octanol–water partition coefficient (Wildman–Crippen LogP) is 2.27. The third-order valence-corrected chi connectivity index (χ3v) is 2.68. The van der Waals surface area contributed by atoms with Crippen LogP contribution in [0.2, 0.25) is 0 Å². The summed E-state index contributed by atoms with van der Waals surface area (Å²) >= 11 is 0.735. The molecular formula is C7H7F2NO2S. The van der Waals surface area contributed by atoms with Crippen molar-refractivity contribution < 1.29 is 18.7 Å². The molecule has 0 aromatic carbocycles. The van der Waals surface area contributed by atoms with Gasteiger partial charge in [-0.2, -0.15) is 0 Å². The molecule has 6 heteroatoms. The second-order valence-electron chi connectivity index (χ2n) is 2.46. The first kappa shape index (κ1) is 10.0. The van der Waals surface area contributed by atoms with E-state index in [9.17, 15) is 13.6 Å². The second kappa shape index (κ2) is 3.78. The Hall–Kier alpha value is -1.04. The summed E-state index contributed by atoms with van der Waals surface area (Å²) in [6.45, 7) is 1.41. The quantitative estimate of drug-likeness (QED) is 0.827. The number of alkyl halides is 2. The first-order valence-corrected chi connectivity index (χ1v) is 4.30. The van der Waals surface area contributed by atoms with Crippen molar-refractivity contribution in [3.63, 3.8) is 0 Å². The van der Waals surface area contributed by atoms with E-state index in [2.05, 4.69) is 4.98 Å². The lowest BCUT2D eigenvalue weighted by molar-refractivity contribution is -0.138. The normalized spacial score (nSPS) is 13.2. The second-order valence-corrected chi connectivity index (χ2v) is 3.56. The molecule has 13 heavy (non-hydrogen) atoms. The molecule has 1 atom stereocenters. The Balaban J connectivity index is 2.85. The lowest BCUT2D eigenvalue weighted by Gasteiger charge is -1.98. The van der Waals surface area contributed by atoms with Crippen LogP contribution in [0.15, 0.2) is 6.20 Å². The Morgan fingerprint density at radius 1 is 1.69 bits per heavy atom. The Morgan fingerprint density at radius 3 is 2.69 bits per heavy atom. The summed E-state index contributed by atoms with van der Waals surface area (Å²) in [5.74, 6) is -1.88. The van der Waals surface area contributed by atoms with Crippen LogP contribution in [-0.4, -0.2) is 16.1 Å². The fourth-order valence-corrected chi connectivity index (χ4v) is 1.53. The Morgan fingerprint density at radius 2 is 2.31 bits per heavy atom. The third-order valence-electron chi connectivity index (χ3n) is 1.50. The van der Waals surface area contributed by atoms with E-state index in [4.69, 9.17) is 5.11 Å². The molecule has 1 heterocycles. The molecule has 72 valence electrons. The smallest absolute Gasteiger partial charge is 0.313 e. The molecule has 0 aliphatic rings. The molecule has 0 aliphatic carbocycles. The minimum atomic E-state index is -2.58. The number of thiazole rings is 1. The predicted molar refractivity (Wildman–Crippen MR) is 43.1 cm³/mol. The van der Waals surface area contributed by atoms with E-state index in [1.165, 1.54) is 6.92 Å². The topological polar surface area (TPSA) is 50.2 Å². The average molecular weight is 207 g/mol. The van der Waals surface area contributed by atoms with Gasteiger partial charge in [0.1, 0.15) is 10.9 Å². The van der Waals surface area contributed by atoms with Crippen LogP contribution in [0.5, 0.6) is 0 Å². The van der Waals surface area contributed by atoms with Gasteiger partial charge in [-0.25, -0.2) is 13.8 Å². The van der Waals surface area contributed by atoms with E-state index in [-0.39, 0.29) is 9.88 Å². The fraction of sp³-hybridized carbons (Fsp3) is 0.429. The average Bonchev–Trinajstić information content (AvgIpc) is 2.50. The maximum absolute atomic E-state index is 12.1. The van der Waals surface area contributed by atoms with Gasteiger partial charge >= 0.3 is 5.97 Å². The van der Waals surface area contributed by atoms with Crippen molar-refractivity contribution in [3.05, 3.63) is 16.1 Å². The third kappa shape index (κ3) is 2.21. The molecule has 0 saturated heterocycles. The number of aliphatic carboxylic acids is 1. The summed E-state index contributed by atoms with van der Waals surface area (Å²) in [7, 11) is 0. The van der Waals surface area contributed by atoms with Crippen molar-refractivity contribution in [1.82, 2.24) is 4.98 Å². The molecule has 0 aliphatic heterocycles. The summed E-state index contributed by atoms with van der Waals surface area (Å²) in [6.07, 6.45) is -1.56. The van der Waals surface area contributed by atoms with E-state index in [1.807, 2.05) is 0 Å². The number of rotatable bonds is 3. The van der Waals surface area contributed by atoms with E-state index in [1.54, 1.807) is 0 Å². The van der Waals surface area contributed by atoms with Gasteiger partial charge in [-0.1, -0.05) is 0 Å². The molecule has 0 radical (unpaired) electrons. The zero-order chi connectivity index (χ0) is 10.0. The first-order valence-electron chi connectivity index (χ1n) is 3.49. The number of carboxylic acids is 1. The van der Waals surface area contributed by atoms with E-state index in [0.717, 1.165) is 17.5 Å². The number of carboxylic acid groups (broad SMARTS) is 1. The molecule has 1 aromatic heterocycles. The Kier molecular flexibility index (Phi) is 2.92. The summed E-state index contributed by atoms with van der Waals surface area (Å²) in [6, 6.07) is 0. The summed E-state index contributed by atoms with van der Waals surface area (Å²) in [5.41, 5.74) is 0. The summed E-state index contributed by atoms with van der Waals surface area (Å²) in [4.78, 5) is 13.9. The van der Waals surface area contributed by atoms with E-state index < -0.39 is 18.3 Å². The van der Waals surface area contributed by atoms with Crippen molar-refractivity contribution in [2.45, 2.75) is 19.3 Å². The molecule has 1 unspecified atom stereocenters. The molecule has 1 N–H and O–H groups in total. The van der Waals surface area contributed by atoms with Gasteiger partial charge in [-0.15, -0.1) is 11.3 Å². The molecule has 1 aromatic rings. The van der Waals surface area contributed by atoms with Crippen molar-refractivity contribution in [2.75, 3.05) is 0 Å². The van der Waals surface area contributed by atoms with Gasteiger partial charge in [0.15, 0.2) is 0 Å². The van der Waals surface area contributed by atoms with Crippen molar-refractivity contribution in [2.24, 2.45) is 0 Å². The maximum Gasteiger partial charge on any atom is 0.313 e. The van der Waals surface area contributed by atoms with Gasteiger partial charge in [-0.3, -0.25) is 4.79 Å². The molecule has 3 nitrogen and oxygen atoms in total. The largest absolute Gasteiger partial charge is 0.481 e. The summed E-state index contributed by atoms with van der Waals surface area (Å²) < 4.78 is 24.1. The van der Waals surface area contributed by atoms with Crippen LogP contribution in [-0.2, 0) is 4.79 Å². The van der Waals surface area contributed by atoms with Crippen molar-refractivity contribution in [3.8, 4) is 0 Å². The zero-order valence-electron chi connectivity index (χ0n) is 6.70. The highest BCUT2D eigenvalue weighted by Crippen LogP contribution is 2.28. The highest BCUT2D eigenvalue weighted by atomic mass is 32.1. The number of halogens is 2. The van der Waals surface area contributed by atoms with Crippen LogP contribution in [0.4, 0.5) is 8.78 Å².